The van der Waals surface area contributed by atoms with Crippen molar-refractivity contribution in [2.45, 2.75) is 25.8 Å². The summed E-state index contributed by atoms with van der Waals surface area (Å²) < 4.78 is 13.8. The molecule has 0 fully saturated rings. The van der Waals surface area contributed by atoms with E-state index in [-0.39, 0.29) is 16.9 Å². The van der Waals surface area contributed by atoms with Crippen molar-refractivity contribution in [1.29, 1.82) is 0 Å². The molecule has 3 N–H and O–H groups in total. The number of hydrogen-bond acceptors (Lipinski definition) is 4. The van der Waals surface area contributed by atoms with Crippen LogP contribution >= 0.6 is 22.9 Å². The quantitative estimate of drug-likeness (QED) is 0.659. The van der Waals surface area contributed by atoms with E-state index in [0.29, 0.717) is 18.4 Å². The Bertz CT molecular complexity index is 559. The summed E-state index contributed by atoms with van der Waals surface area (Å²) in [5.41, 5.74) is 4.26. The molecule has 3 nitrogen and oxygen atoms in total. The molecule has 0 radical (unpaired) electrons. The van der Waals surface area contributed by atoms with Gasteiger partial charge in [0.1, 0.15) is 5.82 Å². The van der Waals surface area contributed by atoms with Crippen LogP contribution in [0.2, 0.25) is 5.02 Å². The number of hydrogen-bond donors (Lipinski definition) is 2. The van der Waals surface area contributed by atoms with Crippen LogP contribution in [0.15, 0.2) is 23.6 Å². The third kappa shape index (κ3) is 3.73. The zero-order chi connectivity index (χ0) is 13.8. The smallest absolute Gasteiger partial charge is 0.145 e. The fraction of sp³-hybridized carbons (Fsp3) is 0.308. The van der Waals surface area contributed by atoms with E-state index in [9.17, 15) is 4.39 Å². The van der Waals surface area contributed by atoms with Crippen LogP contribution in [0.5, 0.6) is 0 Å². The van der Waals surface area contributed by atoms with Gasteiger partial charge in [-0.3, -0.25) is 11.3 Å². The summed E-state index contributed by atoms with van der Waals surface area (Å²) in [5.74, 6) is 5.16. The van der Waals surface area contributed by atoms with Crippen LogP contribution < -0.4 is 11.3 Å². The Morgan fingerprint density at radius 3 is 2.89 bits per heavy atom. The van der Waals surface area contributed by atoms with Crippen LogP contribution in [0.3, 0.4) is 0 Å². The van der Waals surface area contributed by atoms with Gasteiger partial charge in [0.2, 0.25) is 0 Å². The van der Waals surface area contributed by atoms with Crippen molar-refractivity contribution in [3.63, 3.8) is 0 Å². The molecule has 0 spiro atoms. The van der Waals surface area contributed by atoms with Gasteiger partial charge in [0.25, 0.3) is 0 Å². The second-order valence-corrected chi connectivity index (χ2v) is 5.72. The van der Waals surface area contributed by atoms with E-state index in [4.69, 9.17) is 17.4 Å². The second-order valence-electron chi connectivity index (χ2n) is 4.37. The molecule has 1 aromatic carbocycles. The van der Waals surface area contributed by atoms with E-state index in [1.54, 1.807) is 23.5 Å². The van der Waals surface area contributed by atoms with E-state index in [1.807, 2.05) is 12.3 Å². The first-order valence-electron chi connectivity index (χ1n) is 5.90. The van der Waals surface area contributed by atoms with Crippen molar-refractivity contribution in [3.05, 3.63) is 50.7 Å². The lowest BCUT2D eigenvalue weighted by Crippen LogP contribution is -2.38. The van der Waals surface area contributed by atoms with E-state index in [0.717, 1.165) is 10.7 Å². The number of hydrazine groups is 1. The molecule has 0 saturated heterocycles. The molecule has 0 bridgehead atoms. The van der Waals surface area contributed by atoms with Gasteiger partial charge in [-0.05, 0) is 25.0 Å². The van der Waals surface area contributed by atoms with Crippen molar-refractivity contribution in [2.24, 2.45) is 5.84 Å². The zero-order valence-corrected chi connectivity index (χ0v) is 12.1. The molecule has 0 amide bonds. The first kappa shape index (κ1) is 14.4. The highest BCUT2D eigenvalue weighted by atomic mass is 35.5. The van der Waals surface area contributed by atoms with Gasteiger partial charge in [-0.1, -0.05) is 23.7 Å². The molecule has 1 atom stereocenters. The maximum absolute atomic E-state index is 13.8. The van der Waals surface area contributed by atoms with Gasteiger partial charge in [-0.2, -0.15) is 0 Å². The number of aromatic nitrogens is 1. The van der Waals surface area contributed by atoms with Gasteiger partial charge in [0.15, 0.2) is 0 Å². The standard InChI is InChI=1S/C13H15ClFN3S/c1-8-7-19-12(17-8)6-10(18-16)5-9-3-2-4-11(14)13(9)15/h2-4,7,10,18H,5-6,16H2,1H3. The van der Waals surface area contributed by atoms with Crippen LogP contribution in [0, 0.1) is 12.7 Å². The highest BCUT2D eigenvalue weighted by Gasteiger charge is 2.14. The van der Waals surface area contributed by atoms with Gasteiger partial charge in [0.05, 0.1) is 10.0 Å². The molecule has 0 aliphatic rings. The third-order valence-electron chi connectivity index (χ3n) is 2.82. The number of aryl methyl sites for hydroxylation is 1. The predicted octanol–water partition coefficient (Wildman–Crippen LogP) is 2.86. The minimum atomic E-state index is -0.375. The molecule has 6 heteroatoms. The lowest BCUT2D eigenvalue weighted by Gasteiger charge is -2.15. The Kier molecular flexibility index (Phi) is 4.87. The van der Waals surface area contributed by atoms with E-state index in [2.05, 4.69) is 10.4 Å². The maximum Gasteiger partial charge on any atom is 0.145 e. The highest BCUT2D eigenvalue weighted by molar-refractivity contribution is 7.09. The Morgan fingerprint density at radius 2 is 2.26 bits per heavy atom. The number of halogens is 2. The molecular formula is C13H15ClFN3S. The second kappa shape index (κ2) is 6.43. The van der Waals surface area contributed by atoms with Crippen LogP contribution in [-0.4, -0.2) is 11.0 Å². The molecule has 2 aromatic rings. The summed E-state index contributed by atoms with van der Waals surface area (Å²) in [7, 11) is 0. The number of nitrogens with two attached hydrogens (primary N) is 1. The molecule has 102 valence electrons. The summed E-state index contributed by atoms with van der Waals surface area (Å²) in [6.07, 6.45) is 1.14. The van der Waals surface area contributed by atoms with Gasteiger partial charge in [-0.15, -0.1) is 11.3 Å². The molecule has 0 aliphatic heterocycles. The number of nitrogens with one attached hydrogen (secondary N) is 1. The van der Waals surface area contributed by atoms with Crippen LogP contribution in [0.25, 0.3) is 0 Å². The lowest BCUT2D eigenvalue weighted by molar-refractivity contribution is 0.505. The lowest BCUT2D eigenvalue weighted by atomic mass is 10.0. The molecule has 0 aliphatic carbocycles. The van der Waals surface area contributed by atoms with E-state index < -0.39 is 0 Å². The first-order valence-corrected chi connectivity index (χ1v) is 7.16. The van der Waals surface area contributed by atoms with Gasteiger partial charge in [0, 0.05) is 23.5 Å². The number of rotatable bonds is 5. The minimum Gasteiger partial charge on any atom is -0.271 e. The summed E-state index contributed by atoms with van der Waals surface area (Å²) in [6, 6.07) is 4.93. The Labute approximate surface area is 120 Å². The summed E-state index contributed by atoms with van der Waals surface area (Å²) >= 11 is 7.35. The normalized spacial score (nSPS) is 12.6. The molecule has 1 heterocycles. The minimum absolute atomic E-state index is 0.0708. The van der Waals surface area contributed by atoms with Crippen LogP contribution in [0.4, 0.5) is 4.39 Å². The van der Waals surface area contributed by atoms with Gasteiger partial charge in [-0.25, -0.2) is 9.37 Å². The molecule has 1 aromatic heterocycles. The topological polar surface area (TPSA) is 50.9 Å². The molecule has 19 heavy (non-hydrogen) atoms. The highest BCUT2D eigenvalue weighted by Crippen LogP contribution is 2.20. The number of thiazole rings is 1. The van der Waals surface area contributed by atoms with E-state index in [1.165, 1.54) is 6.07 Å². The number of benzene rings is 1. The average Bonchev–Trinajstić information content (AvgIpc) is 2.79. The largest absolute Gasteiger partial charge is 0.271 e. The summed E-state index contributed by atoms with van der Waals surface area (Å²) in [5, 5.41) is 3.12. The SMILES string of the molecule is Cc1csc(CC(Cc2cccc(Cl)c2F)NN)n1. The van der Waals surface area contributed by atoms with E-state index >= 15 is 0 Å². The molecule has 2 rings (SSSR count). The van der Waals surface area contributed by atoms with Crippen molar-refractivity contribution >= 4 is 22.9 Å². The molecule has 0 saturated carbocycles. The van der Waals surface area contributed by atoms with Crippen LogP contribution in [-0.2, 0) is 12.8 Å². The third-order valence-corrected chi connectivity index (χ3v) is 4.10. The zero-order valence-electron chi connectivity index (χ0n) is 10.5. The fourth-order valence-corrected chi connectivity index (χ4v) is 2.92. The van der Waals surface area contributed by atoms with Crippen molar-refractivity contribution in [3.8, 4) is 0 Å². The number of nitrogens with zero attached hydrogens (tertiary/aromatic N) is 1. The molecule has 1 unspecified atom stereocenters. The fourth-order valence-electron chi connectivity index (χ4n) is 1.87. The van der Waals surface area contributed by atoms with Gasteiger partial charge < -0.3 is 0 Å². The van der Waals surface area contributed by atoms with Crippen molar-refractivity contribution < 1.29 is 4.39 Å². The van der Waals surface area contributed by atoms with Crippen LogP contribution in [0.1, 0.15) is 16.3 Å². The maximum atomic E-state index is 13.8. The summed E-state index contributed by atoms with van der Waals surface area (Å²) in [6.45, 7) is 1.95. The summed E-state index contributed by atoms with van der Waals surface area (Å²) in [4.78, 5) is 4.38. The monoisotopic (exact) mass is 299 g/mol. The van der Waals surface area contributed by atoms with Crippen molar-refractivity contribution in [2.75, 3.05) is 0 Å². The average molecular weight is 300 g/mol. The van der Waals surface area contributed by atoms with Crippen molar-refractivity contribution in [1.82, 2.24) is 10.4 Å². The first-order chi connectivity index (χ1) is 9.10. The molecular weight excluding hydrogens is 285 g/mol. The van der Waals surface area contributed by atoms with Gasteiger partial charge >= 0.3 is 0 Å². The Morgan fingerprint density at radius 1 is 1.47 bits per heavy atom. The Hall–Kier alpha value is -1.01. The Balaban J connectivity index is 2.08. The predicted molar refractivity (Wildman–Crippen MR) is 76.8 cm³/mol.